The fraction of sp³-hybridized carbons (Fsp3) is 0.625. The first kappa shape index (κ1) is 41.2. The molecular formula is C32H50N4O10S. The van der Waals surface area contributed by atoms with Crippen LogP contribution >= 0.6 is 11.8 Å². The number of hydrogen-bond donors (Lipinski definition) is 5. The van der Waals surface area contributed by atoms with Crippen molar-refractivity contribution in [1.29, 1.82) is 0 Å². The van der Waals surface area contributed by atoms with Crippen LogP contribution in [-0.4, -0.2) is 95.2 Å². The van der Waals surface area contributed by atoms with Crippen molar-refractivity contribution in [3.05, 3.63) is 30.3 Å². The van der Waals surface area contributed by atoms with Gasteiger partial charge < -0.3 is 41.0 Å². The molecule has 0 fully saturated rings. The van der Waals surface area contributed by atoms with E-state index in [9.17, 15) is 33.9 Å². The minimum absolute atomic E-state index is 0.0141. The number of ether oxygens (including phenoxy) is 3. The minimum Gasteiger partial charge on any atom is -0.493 e. The normalized spacial score (nSPS) is 13.7. The number of thioether (sulfide) groups is 1. The van der Waals surface area contributed by atoms with E-state index in [-0.39, 0.29) is 57.6 Å². The lowest BCUT2D eigenvalue weighted by Gasteiger charge is -2.25. The third kappa shape index (κ3) is 17.6. The Bertz CT molecular complexity index is 1170. The number of carboxylic acid groups (broad SMARTS) is 1. The molecule has 1 rings (SSSR count). The van der Waals surface area contributed by atoms with E-state index in [2.05, 4.69) is 16.0 Å². The fourth-order valence-electron chi connectivity index (χ4n) is 4.29. The molecule has 0 radical (unpaired) electrons. The number of para-hydroxylation sites is 1. The van der Waals surface area contributed by atoms with Gasteiger partial charge >= 0.3 is 17.9 Å². The molecular weight excluding hydrogens is 632 g/mol. The molecule has 0 bridgehead atoms. The van der Waals surface area contributed by atoms with Crippen molar-refractivity contribution in [2.24, 2.45) is 5.73 Å². The van der Waals surface area contributed by atoms with Gasteiger partial charge in [-0.15, -0.1) is 0 Å². The van der Waals surface area contributed by atoms with E-state index in [1.807, 2.05) is 44.2 Å². The van der Waals surface area contributed by atoms with E-state index < -0.39 is 58.6 Å². The van der Waals surface area contributed by atoms with Gasteiger partial charge in [0.2, 0.25) is 17.7 Å². The second-order valence-electron chi connectivity index (χ2n) is 11.3. The second kappa shape index (κ2) is 21.9. The van der Waals surface area contributed by atoms with Crippen molar-refractivity contribution < 1.29 is 48.1 Å². The average molecular weight is 683 g/mol. The molecule has 0 aromatic heterocycles. The number of benzene rings is 1. The summed E-state index contributed by atoms with van der Waals surface area (Å²) < 4.78 is 15.1. The number of aliphatic carboxylic acids is 1. The molecule has 0 aliphatic rings. The fourth-order valence-corrected chi connectivity index (χ4v) is 5.24. The van der Waals surface area contributed by atoms with Crippen molar-refractivity contribution in [2.75, 3.05) is 25.6 Å². The summed E-state index contributed by atoms with van der Waals surface area (Å²) in [7, 11) is 0. The monoisotopic (exact) mass is 682 g/mol. The molecule has 3 amide bonds. The van der Waals surface area contributed by atoms with E-state index in [4.69, 9.17) is 19.9 Å². The number of carbonyl (C=O) groups excluding carboxylic acids is 5. The van der Waals surface area contributed by atoms with Gasteiger partial charge in [-0.05, 0) is 58.6 Å². The van der Waals surface area contributed by atoms with Crippen LogP contribution in [0, 0.1) is 0 Å². The summed E-state index contributed by atoms with van der Waals surface area (Å²) >= 11 is 1.56. The molecule has 0 saturated heterocycles. The highest BCUT2D eigenvalue weighted by atomic mass is 32.2. The number of hydrogen-bond acceptors (Lipinski definition) is 11. The molecule has 1 aromatic rings. The van der Waals surface area contributed by atoms with Crippen molar-refractivity contribution in [3.8, 4) is 5.75 Å². The smallest absolute Gasteiger partial charge is 0.328 e. The Morgan fingerprint density at radius 3 is 2.13 bits per heavy atom. The molecule has 1 aromatic carbocycles. The Hall–Kier alpha value is -3.85. The largest absolute Gasteiger partial charge is 0.493 e. The summed E-state index contributed by atoms with van der Waals surface area (Å²) in [4.78, 5) is 74.1. The standard InChI is InChI=1S/C32H50N4O10S/c1-6-44-30(42)23(33)14-11-15-24(29(40)41)35-26(37)17-16-25(31(43)45-7-2)36-28(39)21(3)34-27(38)20-32(4,5)47-19-18-46-22-12-9-8-10-13-22/h8-10,12-13,21,23-25H,6-7,11,14-20,33H2,1-5H3,(H,34,38)(H,35,37)(H,36,39)(H,40,41). The summed E-state index contributed by atoms with van der Waals surface area (Å²) in [5.74, 6) is -2.89. The lowest BCUT2D eigenvalue weighted by Crippen LogP contribution is -2.51. The van der Waals surface area contributed by atoms with Crippen LogP contribution in [0.15, 0.2) is 30.3 Å². The van der Waals surface area contributed by atoms with E-state index in [0.29, 0.717) is 12.4 Å². The third-order valence-corrected chi connectivity index (χ3v) is 8.02. The van der Waals surface area contributed by atoms with Crippen LogP contribution in [0.4, 0.5) is 0 Å². The summed E-state index contributed by atoms with van der Waals surface area (Å²) in [5, 5.41) is 17.1. The highest BCUT2D eigenvalue weighted by Crippen LogP contribution is 2.28. The average Bonchev–Trinajstić information content (AvgIpc) is 3.00. The lowest BCUT2D eigenvalue weighted by atomic mass is 10.0. The van der Waals surface area contributed by atoms with Crippen LogP contribution in [0.3, 0.4) is 0 Å². The first-order valence-electron chi connectivity index (χ1n) is 15.7. The summed E-state index contributed by atoms with van der Waals surface area (Å²) in [5.41, 5.74) is 5.74. The van der Waals surface area contributed by atoms with Crippen molar-refractivity contribution >= 4 is 47.4 Å². The highest BCUT2D eigenvalue weighted by molar-refractivity contribution is 8.00. The number of carbonyl (C=O) groups is 6. The number of rotatable bonds is 23. The molecule has 0 aliphatic carbocycles. The first-order valence-corrected chi connectivity index (χ1v) is 16.7. The summed E-state index contributed by atoms with van der Waals surface area (Å²) in [6.07, 6.45) is 0.0782. The quantitative estimate of drug-likeness (QED) is 0.0828. The van der Waals surface area contributed by atoms with Crippen LogP contribution < -0.4 is 26.4 Å². The second-order valence-corrected chi connectivity index (χ2v) is 13.1. The molecule has 47 heavy (non-hydrogen) atoms. The van der Waals surface area contributed by atoms with E-state index in [0.717, 1.165) is 5.75 Å². The zero-order valence-corrected chi connectivity index (χ0v) is 28.7. The van der Waals surface area contributed by atoms with Gasteiger partial charge in [0.1, 0.15) is 29.9 Å². The van der Waals surface area contributed by atoms with Crippen LogP contribution in [-0.2, 0) is 38.2 Å². The molecule has 15 heteroatoms. The minimum atomic E-state index is -1.27. The Balaban J connectivity index is 2.60. The number of esters is 2. The Morgan fingerprint density at radius 1 is 0.872 bits per heavy atom. The van der Waals surface area contributed by atoms with Gasteiger partial charge in [-0.3, -0.25) is 19.2 Å². The van der Waals surface area contributed by atoms with Gasteiger partial charge in [0.15, 0.2) is 0 Å². The van der Waals surface area contributed by atoms with Gasteiger partial charge in [-0.25, -0.2) is 9.59 Å². The number of carboxylic acids is 1. The van der Waals surface area contributed by atoms with E-state index in [1.54, 1.807) is 25.6 Å². The van der Waals surface area contributed by atoms with Crippen molar-refractivity contribution in [3.63, 3.8) is 0 Å². The maximum atomic E-state index is 12.9. The molecule has 14 nitrogen and oxygen atoms in total. The Morgan fingerprint density at radius 2 is 1.51 bits per heavy atom. The lowest BCUT2D eigenvalue weighted by molar-refractivity contribution is -0.148. The summed E-state index contributed by atoms with van der Waals surface area (Å²) in [6, 6.07) is 5.04. The predicted octanol–water partition coefficient (Wildman–Crippen LogP) is 1.93. The van der Waals surface area contributed by atoms with Crippen LogP contribution in [0.2, 0.25) is 0 Å². The zero-order chi connectivity index (χ0) is 35.4. The zero-order valence-electron chi connectivity index (χ0n) is 27.9. The number of nitrogens with two attached hydrogens (primary N) is 1. The molecule has 4 atom stereocenters. The molecule has 0 spiro atoms. The maximum absolute atomic E-state index is 12.9. The number of amides is 3. The van der Waals surface area contributed by atoms with Gasteiger partial charge in [-0.1, -0.05) is 32.0 Å². The van der Waals surface area contributed by atoms with E-state index >= 15 is 0 Å². The molecule has 0 aliphatic heterocycles. The third-order valence-electron chi connectivity index (χ3n) is 6.72. The van der Waals surface area contributed by atoms with E-state index in [1.165, 1.54) is 6.92 Å². The van der Waals surface area contributed by atoms with Gasteiger partial charge in [0.05, 0.1) is 19.8 Å². The Labute approximate surface area is 280 Å². The topological polar surface area (TPSA) is 212 Å². The molecule has 6 N–H and O–H groups in total. The van der Waals surface area contributed by atoms with Crippen molar-refractivity contribution in [2.45, 2.75) is 102 Å². The SMILES string of the molecule is CCOC(=O)C(N)CCCC(NC(=O)CCC(NC(=O)C(C)NC(=O)CC(C)(C)SCCOc1ccccc1)C(=O)OCC)C(=O)O. The number of nitrogens with one attached hydrogen (secondary N) is 3. The molecule has 0 heterocycles. The van der Waals surface area contributed by atoms with Crippen LogP contribution in [0.1, 0.15) is 73.1 Å². The molecule has 264 valence electrons. The molecule has 4 unspecified atom stereocenters. The van der Waals surface area contributed by atoms with Crippen LogP contribution in [0.25, 0.3) is 0 Å². The highest BCUT2D eigenvalue weighted by Gasteiger charge is 2.29. The van der Waals surface area contributed by atoms with Crippen LogP contribution in [0.5, 0.6) is 5.75 Å². The summed E-state index contributed by atoms with van der Waals surface area (Å²) in [6.45, 7) is 9.21. The van der Waals surface area contributed by atoms with Crippen molar-refractivity contribution in [1.82, 2.24) is 16.0 Å². The first-order chi connectivity index (χ1) is 22.2. The van der Waals surface area contributed by atoms with Gasteiger partial charge in [0, 0.05) is 23.3 Å². The van der Waals surface area contributed by atoms with Gasteiger partial charge in [-0.2, -0.15) is 11.8 Å². The maximum Gasteiger partial charge on any atom is 0.328 e. The molecule has 0 saturated carbocycles. The Kier molecular flexibility index (Phi) is 19.1. The van der Waals surface area contributed by atoms with Gasteiger partial charge in [0.25, 0.3) is 0 Å². The predicted molar refractivity (Wildman–Crippen MR) is 177 cm³/mol.